The topological polar surface area (TPSA) is 128 Å². The van der Waals surface area contributed by atoms with Crippen molar-refractivity contribution in [3.63, 3.8) is 0 Å². The Balaban J connectivity index is 1.95. The van der Waals surface area contributed by atoms with Crippen LogP contribution in [0.4, 0.5) is 5.69 Å². The van der Waals surface area contributed by atoms with E-state index in [1.54, 1.807) is 56.4 Å². The number of nitrogens with zero attached hydrogens (tertiary/aromatic N) is 2. The molecule has 158 valence electrons. The van der Waals surface area contributed by atoms with Gasteiger partial charge in [0.15, 0.2) is 0 Å². The molecule has 8 nitrogen and oxygen atoms in total. The maximum absolute atomic E-state index is 13.2. The third-order valence-corrected chi connectivity index (χ3v) is 5.08. The van der Waals surface area contributed by atoms with Crippen LogP contribution in [0.25, 0.3) is 0 Å². The molecule has 1 aliphatic rings. The number of carboxylic acids is 1. The molecule has 0 saturated carbocycles. The molecular formula is C23H22N4O4. The second-order valence-corrected chi connectivity index (χ2v) is 7.31. The summed E-state index contributed by atoms with van der Waals surface area (Å²) < 4.78 is 0. The lowest BCUT2D eigenvalue weighted by Gasteiger charge is -2.26. The van der Waals surface area contributed by atoms with E-state index in [2.05, 4.69) is 11.8 Å². The quantitative estimate of drug-likeness (QED) is 0.395. The summed E-state index contributed by atoms with van der Waals surface area (Å²) in [6.07, 6.45) is -0.256. The zero-order valence-corrected chi connectivity index (χ0v) is 17.2. The number of benzene rings is 2. The first-order chi connectivity index (χ1) is 14.7. The Kier molecular flexibility index (Phi) is 6.07. The number of aliphatic carboxylic acids is 1. The lowest BCUT2D eigenvalue weighted by atomic mass is 10.1. The van der Waals surface area contributed by atoms with Crippen molar-refractivity contribution in [3.05, 3.63) is 64.7 Å². The van der Waals surface area contributed by atoms with Crippen LogP contribution in [-0.4, -0.2) is 53.3 Å². The van der Waals surface area contributed by atoms with Crippen LogP contribution in [0.15, 0.2) is 42.5 Å². The summed E-state index contributed by atoms with van der Waals surface area (Å²) in [7, 11) is 1.59. The molecule has 0 bridgehead atoms. The summed E-state index contributed by atoms with van der Waals surface area (Å²) >= 11 is 0. The Labute approximate surface area is 179 Å². The van der Waals surface area contributed by atoms with Crippen molar-refractivity contribution in [2.24, 2.45) is 5.73 Å². The van der Waals surface area contributed by atoms with Gasteiger partial charge in [0, 0.05) is 29.8 Å². The largest absolute Gasteiger partial charge is 0.481 e. The van der Waals surface area contributed by atoms with E-state index in [0.29, 0.717) is 22.4 Å². The van der Waals surface area contributed by atoms with Gasteiger partial charge in [-0.1, -0.05) is 24.0 Å². The highest BCUT2D eigenvalue weighted by atomic mass is 16.4. The average molecular weight is 418 g/mol. The maximum atomic E-state index is 13.2. The number of carbonyl (C=O) groups excluding carboxylic acids is 2. The second-order valence-electron chi connectivity index (χ2n) is 7.31. The van der Waals surface area contributed by atoms with Gasteiger partial charge in [0.05, 0.1) is 17.7 Å². The van der Waals surface area contributed by atoms with Gasteiger partial charge in [-0.2, -0.15) is 0 Å². The van der Waals surface area contributed by atoms with Gasteiger partial charge < -0.3 is 20.6 Å². The molecule has 1 atom stereocenters. The van der Waals surface area contributed by atoms with Gasteiger partial charge in [-0.25, -0.2) is 0 Å². The Bertz CT molecular complexity index is 1130. The fraction of sp³-hybridized carbons (Fsp3) is 0.217. The van der Waals surface area contributed by atoms with Gasteiger partial charge in [-0.15, -0.1) is 0 Å². The number of anilines is 1. The van der Waals surface area contributed by atoms with Crippen molar-refractivity contribution in [3.8, 4) is 11.8 Å². The molecule has 2 aromatic carbocycles. The first-order valence-electron chi connectivity index (χ1n) is 9.57. The monoisotopic (exact) mass is 418 g/mol. The van der Waals surface area contributed by atoms with E-state index < -0.39 is 17.9 Å². The van der Waals surface area contributed by atoms with E-state index in [1.807, 2.05) is 0 Å². The van der Waals surface area contributed by atoms with Crippen molar-refractivity contribution in [2.75, 3.05) is 18.5 Å². The molecule has 2 amide bonds. The third-order valence-electron chi connectivity index (χ3n) is 5.08. The van der Waals surface area contributed by atoms with Gasteiger partial charge in [0.2, 0.25) is 5.91 Å². The van der Waals surface area contributed by atoms with Gasteiger partial charge in [0.1, 0.15) is 12.4 Å². The fourth-order valence-electron chi connectivity index (χ4n) is 3.29. The number of fused-ring (bicyclic) bond motifs is 1. The average Bonchev–Trinajstić information content (AvgIpc) is 2.82. The van der Waals surface area contributed by atoms with E-state index in [9.17, 15) is 14.4 Å². The summed E-state index contributed by atoms with van der Waals surface area (Å²) in [5.41, 5.74) is 8.10. The van der Waals surface area contributed by atoms with Crippen LogP contribution in [0.1, 0.15) is 40.4 Å². The zero-order chi connectivity index (χ0) is 22.7. The van der Waals surface area contributed by atoms with E-state index in [1.165, 1.54) is 9.80 Å². The van der Waals surface area contributed by atoms with Crippen LogP contribution in [0.5, 0.6) is 0 Å². The van der Waals surface area contributed by atoms with Gasteiger partial charge in [-0.05, 0) is 37.3 Å². The summed E-state index contributed by atoms with van der Waals surface area (Å²) in [6.45, 7) is 1.42. The van der Waals surface area contributed by atoms with Gasteiger partial charge in [0.25, 0.3) is 5.91 Å². The van der Waals surface area contributed by atoms with Crippen LogP contribution < -0.4 is 10.6 Å². The Morgan fingerprint density at radius 1 is 1.16 bits per heavy atom. The zero-order valence-electron chi connectivity index (χ0n) is 17.2. The molecule has 1 aliphatic heterocycles. The van der Waals surface area contributed by atoms with Crippen molar-refractivity contribution >= 4 is 29.3 Å². The molecule has 1 heterocycles. The summed E-state index contributed by atoms with van der Waals surface area (Å²) in [6, 6.07) is 11.3. The molecule has 0 aliphatic carbocycles. The molecule has 31 heavy (non-hydrogen) atoms. The van der Waals surface area contributed by atoms with Crippen LogP contribution in [-0.2, 0) is 9.59 Å². The molecule has 8 heteroatoms. The number of hydrogen-bond donors (Lipinski definition) is 3. The van der Waals surface area contributed by atoms with Crippen molar-refractivity contribution in [1.82, 2.24) is 4.90 Å². The SMILES string of the molecule is C[C@H](CC(=O)O)N1CC(=O)N(C)c2ccc(C#Cc3ccc(C(=N)N)cc3)cc2C1=O. The number of rotatable bonds is 4. The smallest absolute Gasteiger partial charge is 0.305 e. The molecule has 0 saturated heterocycles. The molecule has 3 rings (SSSR count). The van der Waals surface area contributed by atoms with Crippen LogP contribution in [0.3, 0.4) is 0 Å². The Morgan fingerprint density at radius 3 is 2.39 bits per heavy atom. The maximum Gasteiger partial charge on any atom is 0.305 e. The van der Waals surface area contributed by atoms with Crippen molar-refractivity contribution in [2.45, 2.75) is 19.4 Å². The van der Waals surface area contributed by atoms with E-state index >= 15 is 0 Å². The van der Waals surface area contributed by atoms with E-state index in [4.69, 9.17) is 16.2 Å². The first-order valence-corrected chi connectivity index (χ1v) is 9.57. The minimum atomic E-state index is -1.04. The number of carbonyl (C=O) groups is 3. The third kappa shape index (κ3) is 4.73. The number of hydrogen-bond acceptors (Lipinski definition) is 4. The van der Waals surface area contributed by atoms with Gasteiger partial charge in [-0.3, -0.25) is 19.8 Å². The number of amides is 2. The van der Waals surface area contributed by atoms with Crippen LogP contribution in [0, 0.1) is 17.3 Å². The number of nitrogens with two attached hydrogens (primary N) is 1. The molecule has 4 N–H and O–H groups in total. The highest BCUT2D eigenvalue weighted by Gasteiger charge is 2.33. The Hall–Kier alpha value is -4.12. The molecule has 2 aromatic rings. The predicted molar refractivity (Wildman–Crippen MR) is 116 cm³/mol. The van der Waals surface area contributed by atoms with Crippen LogP contribution >= 0.6 is 0 Å². The fourth-order valence-corrected chi connectivity index (χ4v) is 3.29. The normalized spacial score (nSPS) is 14.3. The summed E-state index contributed by atoms with van der Waals surface area (Å²) in [5.74, 6) is 4.23. The molecule has 0 radical (unpaired) electrons. The first kappa shape index (κ1) is 21.6. The van der Waals surface area contributed by atoms with Crippen LogP contribution in [0.2, 0.25) is 0 Å². The number of amidine groups is 1. The number of nitrogen functional groups attached to an aromatic ring is 1. The van der Waals surface area contributed by atoms with Crippen molar-refractivity contribution in [1.29, 1.82) is 5.41 Å². The highest BCUT2D eigenvalue weighted by molar-refractivity contribution is 6.09. The lowest BCUT2D eigenvalue weighted by molar-refractivity contribution is -0.138. The number of nitrogens with one attached hydrogen (secondary N) is 1. The molecule has 0 aromatic heterocycles. The second kappa shape index (κ2) is 8.71. The number of carboxylic acid groups (broad SMARTS) is 1. The minimum Gasteiger partial charge on any atom is -0.481 e. The Morgan fingerprint density at radius 2 is 1.77 bits per heavy atom. The summed E-state index contributed by atoms with van der Waals surface area (Å²) in [5, 5.41) is 16.5. The molecule has 0 fully saturated rings. The summed E-state index contributed by atoms with van der Waals surface area (Å²) in [4.78, 5) is 39.5. The predicted octanol–water partition coefficient (Wildman–Crippen LogP) is 1.65. The minimum absolute atomic E-state index is 0.0240. The lowest BCUT2D eigenvalue weighted by Crippen LogP contribution is -2.43. The standard InChI is InChI=1S/C23H22N4O4/c1-14(11-21(29)30)27-13-20(28)26(2)19-10-7-16(12-18(19)23(27)31)4-3-15-5-8-17(9-6-15)22(24)25/h5-10,12,14H,11,13H2,1-2H3,(H3,24,25)(H,29,30)/t14-/m1/s1. The highest BCUT2D eigenvalue weighted by Crippen LogP contribution is 2.27. The number of likely N-dealkylation sites (N-methyl/N-ethyl adjacent to an activating group) is 1. The molecule has 0 unspecified atom stereocenters. The van der Waals surface area contributed by atoms with E-state index in [-0.39, 0.29) is 24.7 Å². The van der Waals surface area contributed by atoms with Crippen molar-refractivity contribution < 1.29 is 19.5 Å². The van der Waals surface area contributed by atoms with Gasteiger partial charge >= 0.3 is 5.97 Å². The molecular weight excluding hydrogens is 396 g/mol. The molecule has 0 spiro atoms. The van der Waals surface area contributed by atoms with E-state index in [0.717, 1.165) is 5.56 Å².